The van der Waals surface area contributed by atoms with Crippen LogP contribution >= 0.6 is 0 Å². The van der Waals surface area contributed by atoms with E-state index in [0.29, 0.717) is 11.1 Å². The minimum absolute atomic E-state index is 0.103. The van der Waals surface area contributed by atoms with Gasteiger partial charge < -0.3 is 4.42 Å². The summed E-state index contributed by atoms with van der Waals surface area (Å²) in [7, 11) is 0. The second-order valence-electron chi connectivity index (χ2n) is 3.75. The fraction of sp³-hybridized carbons (Fsp3) is 0.167. The molecule has 2 aromatic rings. The highest BCUT2D eigenvalue weighted by atomic mass is 19.1. The van der Waals surface area contributed by atoms with Crippen molar-refractivity contribution in [1.29, 1.82) is 0 Å². The molecule has 3 N–H and O–H groups in total. The SMILES string of the molecule is Cc1ccc(F)c(C(NN)c2ccoc2)c1F. The summed E-state index contributed by atoms with van der Waals surface area (Å²) < 4.78 is 32.5. The lowest BCUT2D eigenvalue weighted by molar-refractivity contribution is 0.500. The second-order valence-corrected chi connectivity index (χ2v) is 3.75. The number of hydrazine groups is 1. The molecule has 1 aromatic heterocycles. The zero-order valence-corrected chi connectivity index (χ0v) is 9.21. The summed E-state index contributed by atoms with van der Waals surface area (Å²) in [6.45, 7) is 1.57. The zero-order chi connectivity index (χ0) is 12.4. The maximum Gasteiger partial charge on any atom is 0.134 e. The number of rotatable bonds is 3. The van der Waals surface area contributed by atoms with Crippen molar-refractivity contribution in [2.45, 2.75) is 13.0 Å². The average Bonchev–Trinajstić information content (AvgIpc) is 2.83. The first-order valence-electron chi connectivity index (χ1n) is 5.08. The predicted molar refractivity (Wildman–Crippen MR) is 59.0 cm³/mol. The quantitative estimate of drug-likeness (QED) is 0.637. The monoisotopic (exact) mass is 238 g/mol. The van der Waals surface area contributed by atoms with Crippen LogP contribution < -0.4 is 11.3 Å². The van der Waals surface area contributed by atoms with E-state index in [1.165, 1.54) is 24.7 Å². The molecule has 0 aliphatic rings. The molecule has 0 spiro atoms. The van der Waals surface area contributed by atoms with Crippen molar-refractivity contribution in [2.24, 2.45) is 5.84 Å². The van der Waals surface area contributed by atoms with Gasteiger partial charge in [0.1, 0.15) is 11.6 Å². The van der Waals surface area contributed by atoms with Crippen LogP contribution in [0.2, 0.25) is 0 Å². The Labute approximate surface area is 97.2 Å². The molecule has 1 aromatic carbocycles. The Morgan fingerprint density at radius 2 is 2.06 bits per heavy atom. The van der Waals surface area contributed by atoms with Crippen LogP contribution in [0.3, 0.4) is 0 Å². The third-order valence-electron chi connectivity index (χ3n) is 2.65. The lowest BCUT2D eigenvalue weighted by Gasteiger charge is -2.17. The molecule has 1 unspecified atom stereocenters. The van der Waals surface area contributed by atoms with E-state index in [9.17, 15) is 8.78 Å². The van der Waals surface area contributed by atoms with Gasteiger partial charge in [-0.2, -0.15) is 0 Å². The Bertz CT molecular complexity index is 511. The molecule has 0 saturated heterocycles. The van der Waals surface area contributed by atoms with Crippen LogP contribution in [0.25, 0.3) is 0 Å². The topological polar surface area (TPSA) is 51.2 Å². The molecule has 5 heteroatoms. The van der Waals surface area contributed by atoms with Crippen LogP contribution in [0.5, 0.6) is 0 Å². The van der Waals surface area contributed by atoms with Crippen molar-refractivity contribution < 1.29 is 13.2 Å². The molecule has 0 aliphatic heterocycles. The fourth-order valence-corrected chi connectivity index (χ4v) is 1.73. The summed E-state index contributed by atoms with van der Waals surface area (Å²) in [6.07, 6.45) is 2.82. The zero-order valence-electron chi connectivity index (χ0n) is 9.21. The fourth-order valence-electron chi connectivity index (χ4n) is 1.73. The molecular weight excluding hydrogens is 226 g/mol. The van der Waals surface area contributed by atoms with Gasteiger partial charge in [0.25, 0.3) is 0 Å². The third kappa shape index (κ3) is 2.07. The van der Waals surface area contributed by atoms with E-state index in [2.05, 4.69) is 5.43 Å². The number of benzene rings is 1. The molecule has 17 heavy (non-hydrogen) atoms. The number of aryl methyl sites for hydroxylation is 1. The Balaban J connectivity index is 2.55. The minimum Gasteiger partial charge on any atom is -0.472 e. The number of furan rings is 1. The van der Waals surface area contributed by atoms with Crippen molar-refractivity contribution >= 4 is 0 Å². The summed E-state index contributed by atoms with van der Waals surface area (Å²) >= 11 is 0. The van der Waals surface area contributed by atoms with Gasteiger partial charge in [0, 0.05) is 11.1 Å². The van der Waals surface area contributed by atoms with E-state index in [1.54, 1.807) is 13.0 Å². The van der Waals surface area contributed by atoms with Gasteiger partial charge in [0.2, 0.25) is 0 Å². The normalized spacial score (nSPS) is 12.7. The van der Waals surface area contributed by atoms with Crippen LogP contribution in [0.4, 0.5) is 8.78 Å². The molecule has 90 valence electrons. The van der Waals surface area contributed by atoms with E-state index in [-0.39, 0.29) is 5.56 Å². The summed E-state index contributed by atoms with van der Waals surface area (Å²) in [5, 5.41) is 0. The van der Waals surface area contributed by atoms with E-state index in [1.807, 2.05) is 0 Å². The third-order valence-corrected chi connectivity index (χ3v) is 2.65. The molecule has 1 heterocycles. The van der Waals surface area contributed by atoms with Crippen LogP contribution in [0.1, 0.15) is 22.7 Å². The van der Waals surface area contributed by atoms with Gasteiger partial charge in [-0.05, 0) is 24.6 Å². The first kappa shape index (κ1) is 11.8. The van der Waals surface area contributed by atoms with Gasteiger partial charge in [0.15, 0.2) is 0 Å². The van der Waals surface area contributed by atoms with Gasteiger partial charge in [-0.15, -0.1) is 0 Å². The van der Waals surface area contributed by atoms with Crippen LogP contribution in [0, 0.1) is 18.6 Å². The van der Waals surface area contributed by atoms with Crippen LogP contribution in [0.15, 0.2) is 35.1 Å². The van der Waals surface area contributed by atoms with E-state index in [0.717, 1.165) is 0 Å². The molecule has 0 saturated carbocycles. The number of halogens is 2. The molecule has 0 bridgehead atoms. The van der Waals surface area contributed by atoms with Gasteiger partial charge >= 0.3 is 0 Å². The summed E-state index contributed by atoms with van der Waals surface area (Å²) in [4.78, 5) is 0. The molecule has 0 radical (unpaired) electrons. The Hall–Kier alpha value is -1.72. The maximum atomic E-state index is 13.9. The lowest BCUT2D eigenvalue weighted by Crippen LogP contribution is -2.30. The van der Waals surface area contributed by atoms with E-state index >= 15 is 0 Å². The lowest BCUT2D eigenvalue weighted by atomic mass is 9.98. The largest absolute Gasteiger partial charge is 0.472 e. The number of nitrogens with two attached hydrogens (primary N) is 1. The first-order chi connectivity index (χ1) is 8.15. The van der Waals surface area contributed by atoms with Crippen molar-refractivity contribution in [3.63, 3.8) is 0 Å². The van der Waals surface area contributed by atoms with E-state index < -0.39 is 17.7 Å². The molecule has 3 nitrogen and oxygen atoms in total. The Morgan fingerprint density at radius 3 is 2.65 bits per heavy atom. The van der Waals surface area contributed by atoms with Crippen molar-refractivity contribution in [1.82, 2.24) is 5.43 Å². The van der Waals surface area contributed by atoms with Crippen molar-refractivity contribution in [3.05, 3.63) is 59.1 Å². The van der Waals surface area contributed by atoms with Crippen molar-refractivity contribution in [3.8, 4) is 0 Å². The highest BCUT2D eigenvalue weighted by molar-refractivity contribution is 5.35. The molecule has 0 aliphatic carbocycles. The highest BCUT2D eigenvalue weighted by Gasteiger charge is 2.22. The van der Waals surface area contributed by atoms with Crippen molar-refractivity contribution in [2.75, 3.05) is 0 Å². The smallest absolute Gasteiger partial charge is 0.134 e. The molecule has 2 rings (SSSR count). The van der Waals surface area contributed by atoms with Gasteiger partial charge in [-0.25, -0.2) is 14.2 Å². The second kappa shape index (κ2) is 4.65. The number of nitrogens with one attached hydrogen (secondary N) is 1. The molecule has 0 amide bonds. The Morgan fingerprint density at radius 1 is 1.29 bits per heavy atom. The van der Waals surface area contributed by atoms with Gasteiger partial charge in [-0.3, -0.25) is 5.84 Å². The summed E-state index contributed by atoms with van der Waals surface area (Å²) in [5.74, 6) is 4.11. The predicted octanol–water partition coefficient (Wildman–Crippen LogP) is 2.42. The number of hydrogen-bond donors (Lipinski definition) is 2. The maximum absolute atomic E-state index is 13.9. The minimum atomic E-state index is -0.770. The standard InChI is InChI=1S/C12H12F2N2O/c1-7-2-3-9(13)10(11(7)14)12(16-15)8-4-5-17-6-8/h2-6,12,16H,15H2,1H3. The highest BCUT2D eigenvalue weighted by Crippen LogP contribution is 2.28. The summed E-state index contributed by atoms with van der Waals surface area (Å²) in [6, 6.07) is 3.44. The number of hydrogen-bond acceptors (Lipinski definition) is 3. The average molecular weight is 238 g/mol. The van der Waals surface area contributed by atoms with Crippen LogP contribution in [-0.4, -0.2) is 0 Å². The summed E-state index contributed by atoms with van der Waals surface area (Å²) in [5.41, 5.74) is 3.22. The van der Waals surface area contributed by atoms with Crippen LogP contribution in [-0.2, 0) is 0 Å². The molecule has 1 atom stereocenters. The first-order valence-corrected chi connectivity index (χ1v) is 5.08. The van der Waals surface area contributed by atoms with Gasteiger partial charge in [0.05, 0.1) is 18.6 Å². The molecule has 0 fully saturated rings. The Kier molecular flexibility index (Phi) is 3.21. The van der Waals surface area contributed by atoms with E-state index in [4.69, 9.17) is 10.3 Å². The van der Waals surface area contributed by atoms with Gasteiger partial charge in [-0.1, -0.05) is 6.07 Å². The molecular formula is C12H12F2N2O.